The van der Waals surface area contributed by atoms with E-state index in [9.17, 15) is 5.11 Å². The summed E-state index contributed by atoms with van der Waals surface area (Å²) in [4.78, 5) is 0. The summed E-state index contributed by atoms with van der Waals surface area (Å²) in [5.74, 6) is 2.24. The molecule has 0 aliphatic carbocycles. The van der Waals surface area contributed by atoms with Gasteiger partial charge in [-0.25, -0.2) is 0 Å². The first-order valence-electron chi connectivity index (χ1n) is 6.79. The number of rotatable bonds is 6. The monoisotopic (exact) mass is 295 g/mol. The molecule has 2 rings (SSSR count). The SMILES string of the molecule is CCC(O)(CC)CSc1nnc(-c2ccoc2C)n1C. The Labute approximate surface area is 123 Å². The van der Waals surface area contributed by atoms with Crippen molar-refractivity contribution >= 4 is 11.8 Å². The van der Waals surface area contributed by atoms with Crippen LogP contribution in [0.25, 0.3) is 11.4 Å². The minimum Gasteiger partial charge on any atom is -0.469 e. The van der Waals surface area contributed by atoms with E-state index in [2.05, 4.69) is 10.2 Å². The standard InChI is InChI=1S/C14H21N3O2S/c1-5-14(18,6-2)9-20-13-16-15-12(17(13)4)11-7-8-19-10(11)3/h7-8,18H,5-6,9H2,1-4H3. The molecule has 0 aliphatic rings. The van der Waals surface area contributed by atoms with Gasteiger partial charge in [-0.15, -0.1) is 10.2 Å². The van der Waals surface area contributed by atoms with Crippen molar-refractivity contribution in [1.82, 2.24) is 14.8 Å². The third-order valence-electron chi connectivity index (χ3n) is 3.72. The Morgan fingerprint density at radius 1 is 1.35 bits per heavy atom. The molecule has 0 spiro atoms. The molecule has 0 aromatic carbocycles. The lowest BCUT2D eigenvalue weighted by atomic mass is 10.0. The molecule has 2 aromatic heterocycles. The highest BCUT2D eigenvalue weighted by Crippen LogP contribution is 2.29. The van der Waals surface area contributed by atoms with Crippen LogP contribution in [-0.2, 0) is 7.05 Å². The maximum atomic E-state index is 10.3. The van der Waals surface area contributed by atoms with Crippen molar-refractivity contribution in [3.8, 4) is 11.4 Å². The highest BCUT2D eigenvalue weighted by atomic mass is 32.2. The molecule has 0 radical (unpaired) electrons. The van der Waals surface area contributed by atoms with Crippen LogP contribution in [-0.4, -0.2) is 31.2 Å². The van der Waals surface area contributed by atoms with Crippen LogP contribution >= 0.6 is 11.8 Å². The summed E-state index contributed by atoms with van der Waals surface area (Å²) in [6.45, 7) is 5.91. The summed E-state index contributed by atoms with van der Waals surface area (Å²) < 4.78 is 7.24. The second-order valence-corrected chi connectivity index (χ2v) is 5.92. The fourth-order valence-electron chi connectivity index (χ4n) is 1.95. The number of aromatic nitrogens is 3. The van der Waals surface area contributed by atoms with Crippen molar-refractivity contribution in [3.05, 3.63) is 18.1 Å². The normalized spacial score (nSPS) is 12.1. The smallest absolute Gasteiger partial charge is 0.191 e. The second-order valence-electron chi connectivity index (χ2n) is 4.98. The maximum absolute atomic E-state index is 10.3. The molecular weight excluding hydrogens is 274 g/mol. The largest absolute Gasteiger partial charge is 0.469 e. The number of aryl methyl sites for hydroxylation is 1. The van der Waals surface area contributed by atoms with Gasteiger partial charge in [0.15, 0.2) is 11.0 Å². The second kappa shape index (κ2) is 6.01. The first kappa shape index (κ1) is 15.1. The zero-order valence-corrected chi connectivity index (χ0v) is 13.2. The van der Waals surface area contributed by atoms with Crippen molar-refractivity contribution in [2.24, 2.45) is 7.05 Å². The van der Waals surface area contributed by atoms with E-state index in [1.165, 1.54) is 11.8 Å². The first-order chi connectivity index (χ1) is 9.50. The van der Waals surface area contributed by atoms with Gasteiger partial charge in [0.05, 0.1) is 17.4 Å². The van der Waals surface area contributed by atoms with Gasteiger partial charge in [-0.2, -0.15) is 0 Å². The molecule has 0 aliphatic heterocycles. The summed E-state index contributed by atoms with van der Waals surface area (Å²) in [7, 11) is 1.93. The molecule has 6 heteroatoms. The third kappa shape index (κ3) is 2.91. The van der Waals surface area contributed by atoms with Crippen LogP contribution in [0.2, 0.25) is 0 Å². The molecule has 20 heavy (non-hydrogen) atoms. The van der Waals surface area contributed by atoms with Gasteiger partial charge in [-0.3, -0.25) is 0 Å². The highest BCUT2D eigenvalue weighted by molar-refractivity contribution is 7.99. The van der Waals surface area contributed by atoms with Gasteiger partial charge in [-0.05, 0) is 25.8 Å². The van der Waals surface area contributed by atoms with E-state index in [0.29, 0.717) is 5.75 Å². The van der Waals surface area contributed by atoms with E-state index in [0.717, 1.165) is 35.1 Å². The number of thioether (sulfide) groups is 1. The van der Waals surface area contributed by atoms with Crippen LogP contribution in [0.1, 0.15) is 32.4 Å². The highest BCUT2D eigenvalue weighted by Gasteiger charge is 2.24. The number of hydrogen-bond acceptors (Lipinski definition) is 5. The Balaban J connectivity index is 2.16. The molecule has 5 nitrogen and oxygen atoms in total. The quantitative estimate of drug-likeness (QED) is 0.830. The molecule has 2 aromatic rings. The van der Waals surface area contributed by atoms with Crippen LogP contribution < -0.4 is 0 Å². The minimum atomic E-state index is -0.637. The number of furan rings is 1. The van der Waals surface area contributed by atoms with Crippen LogP contribution in [0.4, 0.5) is 0 Å². The maximum Gasteiger partial charge on any atom is 0.191 e. The van der Waals surface area contributed by atoms with Gasteiger partial charge in [0.2, 0.25) is 0 Å². The number of aliphatic hydroxyl groups is 1. The Hall–Kier alpha value is -1.27. The van der Waals surface area contributed by atoms with E-state index >= 15 is 0 Å². The van der Waals surface area contributed by atoms with E-state index in [4.69, 9.17) is 4.42 Å². The predicted molar refractivity (Wildman–Crippen MR) is 79.7 cm³/mol. The Morgan fingerprint density at radius 3 is 2.60 bits per heavy atom. The van der Waals surface area contributed by atoms with Crippen LogP contribution in [0.3, 0.4) is 0 Å². The summed E-state index contributed by atoms with van der Waals surface area (Å²) in [6, 6.07) is 1.89. The van der Waals surface area contributed by atoms with Crippen molar-refractivity contribution in [2.45, 2.75) is 44.4 Å². The van der Waals surface area contributed by atoms with Crippen molar-refractivity contribution in [3.63, 3.8) is 0 Å². The average molecular weight is 295 g/mol. The zero-order chi connectivity index (χ0) is 14.8. The van der Waals surface area contributed by atoms with Gasteiger partial charge in [-0.1, -0.05) is 25.6 Å². The summed E-state index contributed by atoms with van der Waals surface area (Å²) in [5.41, 5.74) is 0.315. The van der Waals surface area contributed by atoms with Gasteiger partial charge in [0.1, 0.15) is 5.76 Å². The van der Waals surface area contributed by atoms with Crippen LogP contribution in [0, 0.1) is 6.92 Å². The molecule has 0 saturated heterocycles. The van der Waals surface area contributed by atoms with Crippen LogP contribution in [0.15, 0.2) is 21.9 Å². The van der Waals surface area contributed by atoms with E-state index in [-0.39, 0.29) is 0 Å². The van der Waals surface area contributed by atoms with Gasteiger partial charge in [0.25, 0.3) is 0 Å². The summed E-state index contributed by atoms with van der Waals surface area (Å²) >= 11 is 1.54. The molecule has 1 N–H and O–H groups in total. The molecule has 2 heterocycles. The topological polar surface area (TPSA) is 64.1 Å². The lowest BCUT2D eigenvalue weighted by Gasteiger charge is -2.24. The molecule has 0 bridgehead atoms. The fourth-order valence-corrected chi connectivity index (χ4v) is 3.13. The van der Waals surface area contributed by atoms with E-state index < -0.39 is 5.60 Å². The van der Waals surface area contributed by atoms with E-state index in [1.807, 2.05) is 38.5 Å². The molecule has 0 fully saturated rings. The van der Waals surface area contributed by atoms with Crippen LogP contribution in [0.5, 0.6) is 0 Å². The molecule has 0 amide bonds. The fraction of sp³-hybridized carbons (Fsp3) is 0.571. The molecule has 0 atom stereocenters. The molecule has 110 valence electrons. The summed E-state index contributed by atoms with van der Waals surface area (Å²) in [5, 5.41) is 19.6. The Kier molecular flexibility index (Phi) is 4.55. The third-order valence-corrected chi connectivity index (χ3v) is 5.02. The predicted octanol–water partition coefficient (Wildman–Crippen LogP) is 3.03. The lowest BCUT2D eigenvalue weighted by molar-refractivity contribution is 0.0571. The zero-order valence-electron chi connectivity index (χ0n) is 12.4. The average Bonchev–Trinajstić information content (AvgIpc) is 3.02. The Morgan fingerprint density at radius 2 is 2.05 bits per heavy atom. The first-order valence-corrected chi connectivity index (χ1v) is 7.78. The number of hydrogen-bond donors (Lipinski definition) is 1. The van der Waals surface area contributed by atoms with Gasteiger partial charge in [0, 0.05) is 12.8 Å². The Bertz CT molecular complexity index is 573. The molecule has 0 unspecified atom stereocenters. The van der Waals surface area contributed by atoms with Gasteiger partial charge >= 0.3 is 0 Å². The van der Waals surface area contributed by atoms with Crippen molar-refractivity contribution in [2.75, 3.05) is 5.75 Å². The lowest BCUT2D eigenvalue weighted by Crippen LogP contribution is -2.29. The number of nitrogens with zero attached hydrogens (tertiary/aromatic N) is 3. The molecular formula is C14H21N3O2S. The van der Waals surface area contributed by atoms with Crippen molar-refractivity contribution in [1.29, 1.82) is 0 Å². The minimum absolute atomic E-state index is 0.621. The summed E-state index contributed by atoms with van der Waals surface area (Å²) in [6.07, 6.45) is 3.13. The van der Waals surface area contributed by atoms with Gasteiger partial charge < -0.3 is 14.1 Å². The van der Waals surface area contributed by atoms with E-state index in [1.54, 1.807) is 6.26 Å². The van der Waals surface area contributed by atoms with Crippen molar-refractivity contribution < 1.29 is 9.52 Å². The molecule has 0 saturated carbocycles.